The van der Waals surface area contributed by atoms with Crippen LogP contribution in [-0.4, -0.2) is 0 Å². The van der Waals surface area contributed by atoms with Gasteiger partial charge in [-0.25, -0.2) is 0 Å². The second-order valence-electron chi connectivity index (χ2n) is 30.1. The maximum atomic E-state index is 2.66. The molecular formula is C102H56. The minimum atomic E-state index is -0.634. The second kappa shape index (κ2) is 18.0. The first-order valence-electron chi connectivity index (χ1n) is 36.3. The van der Waals surface area contributed by atoms with Crippen molar-refractivity contribution >= 4 is 53.9 Å². The maximum absolute atomic E-state index is 2.66. The lowest BCUT2D eigenvalue weighted by molar-refractivity contribution is 0.751. The SMILES string of the molecule is c1ccc2c(c1)-c1ccccc1C21c2ccc3cc(-c4ccc(-c5cc6c7c8c(ccc7c5)C5(c7ccccc7-c7ccccc75)c5cccc7ccc(c-8c57)C65c6ccccc6-c6ccccc65)c5ccccc45)cc4c3c2-c2c(ccc3cccc1c23)C41c2ccccc2-c2ccccc21. The molecule has 0 radical (unpaired) electrons. The van der Waals surface area contributed by atoms with E-state index in [4.69, 9.17) is 0 Å². The Morgan fingerprint density at radius 2 is 0.373 bits per heavy atom. The van der Waals surface area contributed by atoms with Crippen molar-refractivity contribution in [2.75, 3.05) is 0 Å². The van der Waals surface area contributed by atoms with Gasteiger partial charge in [0.15, 0.2) is 0 Å². The van der Waals surface area contributed by atoms with Gasteiger partial charge in [0.05, 0.1) is 21.7 Å². The van der Waals surface area contributed by atoms with Gasteiger partial charge in [0.25, 0.3) is 0 Å². The Bertz CT molecular complexity index is 6480. The van der Waals surface area contributed by atoms with E-state index in [1.54, 1.807) is 0 Å². The summed E-state index contributed by atoms with van der Waals surface area (Å²) in [4.78, 5) is 0. The van der Waals surface area contributed by atoms with E-state index in [1.165, 1.54) is 232 Å². The molecule has 0 saturated heterocycles. The molecule has 26 rings (SSSR count). The lowest BCUT2D eigenvalue weighted by Gasteiger charge is -2.47. The topological polar surface area (TPSA) is 0 Å². The van der Waals surface area contributed by atoms with Crippen molar-refractivity contribution in [2.24, 2.45) is 0 Å². The smallest absolute Gasteiger partial charge is 0.0619 e. The zero-order chi connectivity index (χ0) is 65.8. The van der Waals surface area contributed by atoms with E-state index in [-0.39, 0.29) is 0 Å². The summed E-state index contributed by atoms with van der Waals surface area (Å²) in [6.45, 7) is 0. The van der Waals surface area contributed by atoms with Crippen LogP contribution in [0.1, 0.15) is 89.0 Å². The maximum Gasteiger partial charge on any atom is 0.0726 e. The first-order chi connectivity index (χ1) is 50.6. The molecule has 0 nitrogen and oxygen atoms in total. The lowest BCUT2D eigenvalue weighted by Crippen LogP contribution is -2.37. The molecule has 0 bridgehead atoms. The Morgan fingerprint density at radius 1 is 0.137 bits per heavy atom. The molecule has 0 unspecified atom stereocenters. The molecule has 8 aliphatic rings. The summed E-state index contributed by atoms with van der Waals surface area (Å²) in [7, 11) is 0. The summed E-state index contributed by atoms with van der Waals surface area (Å²) in [5, 5.41) is 13.0. The Balaban J connectivity index is 0.759. The second-order valence-corrected chi connectivity index (χ2v) is 30.1. The number of rotatable bonds is 2. The Hall–Kier alpha value is -12.7. The van der Waals surface area contributed by atoms with Crippen LogP contribution in [-0.2, 0) is 21.7 Å². The minimum Gasteiger partial charge on any atom is -0.0619 e. The highest BCUT2D eigenvalue weighted by molar-refractivity contribution is 6.22. The molecule has 8 aliphatic carbocycles. The summed E-state index contributed by atoms with van der Waals surface area (Å²) in [5.74, 6) is 0. The third-order valence-corrected chi connectivity index (χ3v) is 26.4. The van der Waals surface area contributed by atoms with Gasteiger partial charge in [-0.3, -0.25) is 0 Å². The fourth-order valence-corrected chi connectivity index (χ4v) is 23.2. The third kappa shape index (κ3) is 5.64. The number of hydrogen-bond donors (Lipinski definition) is 0. The molecule has 0 heterocycles. The molecule has 464 valence electrons. The lowest BCUT2D eigenvalue weighted by atomic mass is 9.54. The molecule has 0 aromatic heterocycles. The van der Waals surface area contributed by atoms with E-state index in [2.05, 4.69) is 340 Å². The highest BCUT2D eigenvalue weighted by atomic mass is 14.6. The van der Waals surface area contributed by atoms with Crippen LogP contribution in [0.25, 0.3) is 143 Å². The van der Waals surface area contributed by atoms with Crippen LogP contribution < -0.4 is 0 Å². The van der Waals surface area contributed by atoms with Crippen LogP contribution >= 0.6 is 0 Å². The van der Waals surface area contributed by atoms with Gasteiger partial charge in [-0.15, -0.1) is 0 Å². The van der Waals surface area contributed by atoms with Crippen LogP contribution in [0, 0.1) is 0 Å². The van der Waals surface area contributed by atoms with E-state index in [0.29, 0.717) is 0 Å². The van der Waals surface area contributed by atoms with Gasteiger partial charge in [0.1, 0.15) is 0 Å². The van der Waals surface area contributed by atoms with Crippen molar-refractivity contribution in [3.8, 4) is 89.0 Å². The number of benzene rings is 18. The predicted octanol–water partition coefficient (Wildman–Crippen LogP) is 24.8. The molecule has 0 saturated carbocycles. The molecule has 0 heteroatoms. The average Bonchev–Trinajstić information content (AvgIpc) is 1.28. The van der Waals surface area contributed by atoms with Crippen molar-refractivity contribution in [1.82, 2.24) is 0 Å². The highest BCUT2D eigenvalue weighted by Crippen LogP contribution is 2.72. The van der Waals surface area contributed by atoms with Crippen LogP contribution in [0.2, 0.25) is 0 Å². The summed E-state index contributed by atoms with van der Waals surface area (Å²) in [6.07, 6.45) is 0. The highest BCUT2D eigenvalue weighted by Gasteiger charge is 2.59. The molecule has 102 heavy (non-hydrogen) atoms. The predicted molar refractivity (Wildman–Crippen MR) is 419 cm³/mol. The van der Waals surface area contributed by atoms with Crippen molar-refractivity contribution < 1.29 is 0 Å². The van der Waals surface area contributed by atoms with E-state index in [1.807, 2.05) is 0 Å². The molecule has 0 N–H and O–H groups in total. The first kappa shape index (κ1) is 53.3. The largest absolute Gasteiger partial charge is 0.0726 e. The van der Waals surface area contributed by atoms with Crippen molar-refractivity contribution in [3.05, 3.63) is 429 Å². The number of hydrogen-bond acceptors (Lipinski definition) is 0. The Labute approximate surface area is 589 Å². The summed E-state index contributed by atoms with van der Waals surface area (Å²) in [6, 6.07) is 134. The minimum absolute atomic E-state index is 0.539. The van der Waals surface area contributed by atoms with Crippen molar-refractivity contribution in [1.29, 1.82) is 0 Å². The van der Waals surface area contributed by atoms with Crippen LogP contribution in [0.15, 0.2) is 340 Å². The van der Waals surface area contributed by atoms with E-state index in [0.717, 1.165) is 0 Å². The zero-order valence-electron chi connectivity index (χ0n) is 55.3. The van der Waals surface area contributed by atoms with Crippen molar-refractivity contribution in [2.45, 2.75) is 21.7 Å². The third-order valence-electron chi connectivity index (χ3n) is 26.4. The molecular weight excluding hydrogens is 1230 g/mol. The van der Waals surface area contributed by atoms with Crippen molar-refractivity contribution in [3.63, 3.8) is 0 Å². The molecule has 0 aliphatic heterocycles. The Kier molecular flexibility index (Phi) is 9.40. The summed E-state index contributed by atoms with van der Waals surface area (Å²) < 4.78 is 0. The standard InChI is InChI=1S/C102H56/c1-2-24-66-64(62-54-60-46-52-86-98-94(60)90(56-62)102(81-39-17-9-31-73(81)74-32-10-18-40-82(74)102)88-50-44-58-22-20-42-84(92(58)96(88)98)100(86)77-35-13-5-27-69(77)70-28-6-14-36-78(70)100)48-47-63(65(66)23-1)61-53-59-45-51-85-97-93(59)89(55-61)101(79-37-15-7-29-71(79)72-30-8-16-38-80(72)101)87-49-43-57-21-19-41-83(91(57)95(87)97)99(85)75-33-11-3-25-67(75)68-26-4-12-34-76(68)99/h1-56H. The van der Waals surface area contributed by atoms with Crippen LogP contribution in [0.3, 0.4) is 0 Å². The molecule has 0 atom stereocenters. The summed E-state index contributed by atoms with van der Waals surface area (Å²) in [5.41, 5.74) is 40.4. The molecule has 0 amide bonds. The van der Waals surface area contributed by atoms with Gasteiger partial charge in [0, 0.05) is 0 Å². The van der Waals surface area contributed by atoms with E-state index < -0.39 is 21.7 Å². The molecule has 0 fully saturated rings. The van der Waals surface area contributed by atoms with Gasteiger partial charge < -0.3 is 0 Å². The number of fused-ring (bicyclic) bond motifs is 29. The van der Waals surface area contributed by atoms with Crippen LogP contribution in [0.5, 0.6) is 0 Å². The molecule has 4 spiro atoms. The monoisotopic (exact) mass is 1280 g/mol. The fraction of sp³-hybridized carbons (Fsp3) is 0.0392. The fourth-order valence-electron chi connectivity index (χ4n) is 23.2. The van der Waals surface area contributed by atoms with Gasteiger partial charge in [-0.05, 0) is 256 Å². The molecule has 18 aromatic carbocycles. The van der Waals surface area contributed by atoms with E-state index >= 15 is 0 Å². The zero-order valence-corrected chi connectivity index (χ0v) is 55.3. The first-order valence-corrected chi connectivity index (χ1v) is 36.3. The average molecular weight is 1280 g/mol. The quantitative estimate of drug-likeness (QED) is 0.162. The van der Waals surface area contributed by atoms with Crippen LogP contribution in [0.4, 0.5) is 0 Å². The van der Waals surface area contributed by atoms with E-state index in [9.17, 15) is 0 Å². The Morgan fingerprint density at radius 3 is 0.667 bits per heavy atom. The van der Waals surface area contributed by atoms with Gasteiger partial charge in [-0.2, -0.15) is 0 Å². The summed E-state index contributed by atoms with van der Waals surface area (Å²) >= 11 is 0. The van der Waals surface area contributed by atoms with Gasteiger partial charge in [0.2, 0.25) is 0 Å². The normalized spacial score (nSPS) is 15.6. The van der Waals surface area contributed by atoms with Gasteiger partial charge >= 0.3 is 0 Å². The molecule has 18 aromatic rings. The van der Waals surface area contributed by atoms with Gasteiger partial charge in [-0.1, -0.05) is 315 Å².